The van der Waals surface area contributed by atoms with Crippen molar-refractivity contribution < 1.29 is 19.5 Å². The Labute approximate surface area is 153 Å². The number of unbranched alkanes of at least 4 members (excludes halogenated alkanes) is 3. The summed E-state index contributed by atoms with van der Waals surface area (Å²) in [6.45, 7) is 0.624. The van der Waals surface area contributed by atoms with Crippen molar-refractivity contribution in [3.05, 3.63) is 0 Å². The molecule has 0 spiro atoms. The number of aliphatic carboxylic acids is 1. The molecule has 3 atom stereocenters. The number of amides is 3. The summed E-state index contributed by atoms with van der Waals surface area (Å²) in [5.41, 5.74) is 0. The van der Waals surface area contributed by atoms with E-state index in [1.807, 2.05) is 23.7 Å². The second-order valence-electron chi connectivity index (χ2n) is 6.83. The number of nitrogens with one attached hydrogen (secondary N) is 2. The molecule has 3 N–H and O–H groups in total. The lowest BCUT2D eigenvalue weighted by Gasteiger charge is -2.23. The largest absolute Gasteiger partial charge is 0.481 e. The van der Waals surface area contributed by atoms with E-state index in [1.165, 1.54) is 0 Å². The van der Waals surface area contributed by atoms with Gasteiger partial charge in [-0.2, -0.15) is 11.8 Å². The zero-order valence-corrected chi connectivity index (χ0v) is 15.6. The van der Waals surface area contributed by atoms with Crippen LogP contribution in [0.15, 0.2) is 0 Å². The summed E-state index contributed by atoms with van der Waals surface area (Å²) in [7, 11) is 1.86. The van der Waals surface area contributed by atoms with Gasteiger partial charge in [0, 0.05) is 37.4 Å². The standard InChI is InChI=1S/C17H29N3O4S/c1-20-16-12(19-17(20)24)11-25-13(16)7-4-5-8-14(21)18-10-6-2-3-9-15(22)23/h12-13,16H,2-11H2,1H3,(H,18,21)(H,19,24)(H,22,23)/t12?,13-,16?/m0/s1. The summed E-state index contributed by atoms with van der Waals surface area (Å²) < 4.78 is 0. The van der Waals surface area contributed by atoms with Gasteiger partial charge in [0.15, 0.2) is 0 Å². The number of rotatable bonds is 11. The maximum atomic E-state index is 11.8. The summed E-state index contributed by atoms with van der Waals surface area (Å²) in [6.07, 6.45) is 5.95. The highest BCUT2D eigenvalue weighted by atomic mass is 32.2. The predicted molar refractivity (Wildman–Crippen MR) is 97.7 cm³/mol. The van der Waals surface area contributed by atoms with Gasteiger partial charge in [-0.05, 0) is 25.7 Å². The van der Waals surface area contributed by atoms with Crippen molar-refractivity contribution in [1.82, 2.24) is 15.5 Å². The van der Waals surface area contributed by atoms with Crippen molar-refractivity contribution in [2.45, 2.75) is 68.7 Å². The normalized spacial score (nSPS) is 24.9. The number of hydrogen-bond donors (Lipinski definition) is 3. The Hall–Kier alpha value is -1.44. The van der Waals surface area contributed by atoms with E-state index in [2.05, 4.69) is 10.6 Å². The van der Waals surface area contributed by atoms with E-state index in [1.54, 1.807) is 0 Å². The van der Waals surface area contributed by atoms with Gasteiger partial charge in [0.25, 0.3) is 0 Å². The van der Waals surface area contributed by atoms with E-state index in [9.17, 15) is 14.4 Å². The summed E-state index contributed by atoms with van der Waals surface area (Å²) in [4.78, 5) is 35.7. The highest BCUT2D eigenvalue weighted by Gasteiger charge is 2.46. The number of urea groups is 1. The van der Waals surface area contributed by atoms with Crippen LogP contribution in [0.25, 0.3) is 0 Å². The lowest BCUT2D eigenvalue weighted by molar-refractivity contribution is -0.137. The molecule has 142 valence electrons. The predicted octanol–water partition coefficient (Wildman–Crippen LogP) is 1.82. The van der Waals surface area contributed by atoms with E-state index in [0.717, 1.165) is 37.9 Å². The molecule has 8 heteroatoms. The number of nitrogens with zero attached hydrogens (tertiary/aromatic N) is 1. The molecule has 3 amide bonds. The van der Waals surface area contributed by atoms with Gasteiger partial charge in [0.1, 0.15) is 0 Å². The SMILES string of the molecule is CN1C(=O)NC2CS[C@@H](CCCCC(=O)NCCCCCC(=O)O)C21. The second kappa shape index (κ2) is 9.89. The van der Waals surface area contributed by atoms with Crippen LogP contribution in [0.4, 0.5) is 4.79 Å². The molecule has 2 aliphatic rings. The molecule has 0 aliphatic carbocycles. The zero-order valence-electron chi connectivity index (χ0n) is 14.8. The number of thioether (sulfide) groups is 1. The van der Waals surface area contributed by atoms with Crippen LogP contribution in [0.3, 0.4) is 0 Å². The number of carbonyl (C=O) groups excluding carboxylic acids is 2. The highest BCUT2D eigenvalue weighted by molar-refractivity contribution is 8.00. The van der Waals surface area contributed by atoms with Crippen molar-refractivity contribution in [3.63, 3.8) is 0 Å². The first-order chi connectivity index (χ1) is 12.0. The van der Waals surface area contributed by atoms with Crippen LogP contribution < -0.4 is 10.6 Å². The van der Waals surface area contributed by atoms with Gasteiger partial charge in [-0.1, -0.05) is 12.8 Å². The summed E-state index contributed by atoms with van der Waals surface area (Å²) in [5, 5.41) is 14.9. The number of carboxylic acids is 1. The average Bonchev–Trinajstić information content (AvgIpc) is 3.08. The van der Waals surface area contributed by atoms with Crippen molar-refractivity contribution in [1.29, 1.82) is 0 Å². The van der Waals surface area contributed by atoms with Gasteiger partial charge in [-0.3, -0.25) is 9.59 Å². The first-order valence-corrected chi connectivity index (χ1v) is 10.2. The molecule has 0 saturated carbocycles. The fourth-order valence-electron chi connectivity index (χ4n) is 3.51. The topological polar surface area (TPSA) is 98.7 Å². The highest BCUT2D eigenvalue weighted by Crippen LogP contribution is 2.36. The van der Waals surface area contributed by atoms with E-state index in [-0.39, 0.29) is 30.4 Å². The molecular weight excluding hydrogens is 342 g/mol. The maximum absolute atomic E-state index is 11.8. The Kier molecular flexibility index (Phi) is 7.87. The number of likely N-dealkylation sites (N-methyl/N-ethyl adjacent to an activating group) is 1. The molecule has 0 bridgehead atoms. The molecular formula is C17H29N3O4S. The van der Waals surface area contributed by atoms with Crippen LogP contribution in [0.5, 0.6) is 0 Å². The van der Waals surface area contributed by atoms with E-state index in [0.29, 0.717) is 24.6 Å². The summed E-state index contributed by atoms with van der Waals surface area (Å²) in [5.74, 6) is 0.290. The average molecular weight is 372 g/mol. The van der Waals surface area contributed by atoms with E-state index < -0.39 is 5.97 Å². The first kappa shape index (κ1) is 19.9. The van der Waals surface area contributed by atoms with Gasteiger partial charge in [-0.15, -0.1) is 0 Å². The fourth-order valence-corrected chi connectivity index (χ4v) is 5.14. The Morgan fingerprint density at radius 1 is 1.24 bits per heavy atom. The molecule has 0 aromatic carbocycles. The molecule has 25 heavy (non-hydrogen) atoms. The molecule has 2 unspecified atom stereocenters. The van der Waals surface area contributed by atoms with Crippen LogP contribution in [0.2, 0.25) is 0 Å². The lowest BCUT2D eigenvalue weighted by Crippen LogP contribution is -2.38. The monoisotopic (exact) mass is 371 g/mol. The molecule has 2 rings (SSSR count). The molecule has 2 heterocycles. The van der Waals surface area contributed by atoms with Crippen LogP contribution in [-0.2, 0) is 9.59 Å². The van der Waals surface area contributed by atoms with Gasteiger partial charge in [0.2, 0.25) is 5.91 Å². The third-order valence-electron chi connectivity index (χ3n) is 4.89. The smallest absolute Gasteiger partial charge is 0.317 e. The third kappa shape index (κ3) is 6.09. The van der Waals surface area contributed by atoms with Crippen molar-refractivity contribution in [2.24, 2.45) is 0 Å². The Balaban J connectivity index is 1.49. The number of carbonyl (C=O) groups is 3. The minimum Gasteiger partial charge on any atom is -0.481 e. The molecule has 2 fully saturated rings. The molecule has 2 saturated heterocycles. The first-order valence-electron chi connectivity index (χ1n) is 9.12. The van der Waals surface area contributed by atoms with Crippen LogP contribution in [0, 0.1) is 0 Å². The summed E-state index contributed by atoms with van der Waals surface area (Å²) >= 11 is 1.92. The molecule has 0 aromatic rings. The minimum absolute atomic E-state index is 0.0306. The Morgan fingerprint density at radius 2 is 2.00 bits per heavy atom. The van der Waals surface area contributed by atoms with Gasteiger partial charge >= 0.3 is 12.0 Å². The number of fused-ring (bicyclic) bond motifs is 1. The summed E-state index contributed by atoms with van der Waals surface area (Å²) in [6, 6.07) is 0.595. The maximum Gasteiger partial charge on any atom is 0.317 e. The van der Waals surface area contributed by atoms with Crippen LogP contribution in [0.1, 0.15) is 51.4 Å². The van der Waals surface area contributed by atoms with Gasteiger partial charge < -0.3 is 20.6 Å². The molecule has 0 radical (unpaired) electrons. The van der Waals surface area contributed by atoms with E-state index >= 15 is 0 Å². The van der Waals surface area contributed by atoms with Gasteiger partial charge in [0.05, 0.1) is 12.1 Å². The lowest BCUT2D eigenvalue weighted by atomic mass is 10.0. The van der Waals surface area contributed by atoms with Crippen LogP contribution in [-0.4, -0.2) is 64.6 Å². The fraction of sp³-hybridized carbons (Fsp3) is 0.824. The second-order valence-corrected chi connectivity index (χ2v) is 8.10. The number of hydrogen-bond acceptors (Lipinski definition) is 4. The van der Waals surface area contributed by atoms with Crippen molar-refractivity contribution >= 4 is 29.7 Å². The molecule has 2 aliphatic heterocycles. The number of carboxylic acid groups (broad SMARTS) is 1. The quantitative estimate of drug-likeness (QED) is 0.380. The third-order valence-corrected chi connectivity index (χ3v) is 6.39. The van der Waals surface area contributed by atoms with Crippen molar-refractivity contribution in [3.8, 4) is 0 Å². The van der Waals surface area contributed by atoms with Crippen molar-refractivity contribution in [2.75, 3.05) is 19.3 Å². The zero-order chi connectivity index (χ0) is 18.2. The van der Waals surface area contributed by atoms with Gasteiger partial charge in [-0.25, -0.2) is 4.79 Å². The Morgan fingerprint density at radius 3 is 2.76 bits per heavy atom. The Bertz CT molecular complexity index is 489. The molecule has 7 nitrogen and oxygen atoms in total. The van der Waals surface area contributed by atoms with E-state index in [4.69, 9.17) is 5.11 Å². The molecule has 0 aromatic heterocycles. The minimum atomic E-state index is -0.764. The van der Waals surface area contributed by atoms with Crippen LogP contribution >= 0.6 is 11.8 Å².